The summed E-state index contributed by atoms with van der Waals surface area (Å²) < 4.78 is 16.2. The molecule has 0 fully saturated rings. The van der Waals surface area contributed by atoms with Crippen LogP contribution in [0.3, 0.4) is 0 Å². The highest BCUT2D eigenvalue weighted by Gasteiger charge is 2.28. The third-order valence-corrected chi connectivity index (χ3v) is 4.14. The smallest absolute Gasteiger partial charge is 0.375 e. The van der Waals surface area contributed by atoms with Gasteiger partial charge in [0.2, 0.25) is 11.5 Å². The summed E-state index contributed by atoms with van der Waals surface area (Å²) in [5, 5.41) is 0. The lowest BCUT2D eigenvalue weighted by molar-refractivity contribution is 0.0249. The van der Waals surface area contributed by atoms with Crippen molar-refractivity contribution in [2.45, 2.75) is 6.10 Å². The molecule has 0 spiro atoms. The minimum Gasteiger partial charge on any atom is -0.497 e. The molecule has 0 amide bonds. The fraction of sp³-hybridized carbons (Fsp3) is 0.100. The Labute approximate surface area is 158 Å². The lowest BCUT2D eigenvalue weighted by Gasteiger charge is -2.17. The van der Waals surface area contributed by atoms with E-state index in [0.29, 0.717) is 21.5 Å². The van der Waals surface area contributed by atoms with E-state index >= 15 is 0 Å². The number of Topliss-reactive ketones (excluding diaryl/α,β-unsaturated/α-hetero) is 1. The molecule has 0 aliphatic rings. The first kappa shape index (κ1) is 17.9. The van der Waals surface area contributed by atoms with Gasteiger partial charge < -0.3 is 13.9 Å². The fourth-order valence-corrected chi connectivity index (χ4v) is 2.70. The first-order valence-electron chi connectivity index (χ1n) is 7.78. The molecule has 1 atom stereocenters. The van der Waals surface area contributed by atoms with Crippen molar-refractivity contribution in [3.05, 3.63) is 88.3 Å². The van der Waals surface area contributed by atoms with Crippen LogP contribution in [0.4, 0.5) is 0 Å². The average Bonchev–Trinajstić information content (AvgIpc) is 3.12. The van der Waals surface area contributed by atoms with Crippen LogP contribution in [0.2, 0.25) is 0 Å². The van der Waals surface area contributed by atoms with E-state index < -0.39 is 12.1 Å². The van der Waals surface area contributed by atoms with Crippen LogP contribution in [0.5, 0.6) is 5.75 Å². The predicted molar refractivity (Wildman–Crippen MR) is 98.3 cm³/mol. The molecule has 1 aromatic heterocycles. The number of methoxy groups -OCH3 is 1. The van der Waals surface area contributed by atoms with E-state index in [9.17, 15) is 9.59 Å². The second kappa shape index (κ2) is 8.01. The molecule has 0 saturated heterocycles. The van der Waals surface area contributed by atoms with Gasteiger partial charge in [-0.15, -0.1) is 0 Å². The molecule has 2 aromatic carbocycles. The maximum absolute atomic E-state index is 13.0. The Morgan fingerprint density at radius 1 is 0.962 bits per heavy atom. The van der Waals surface area contributed by atoms with Crippen molar-refractivity contribution < 1.29 is 23.5 Å². The van der Waals surface area contributed by atoms with Gasteiger partial charge in [-0.2, -0.15) is 0 Å². The summed E-state index contributed by atoms with van der Waals surface area (Å²) in [6.07, 6.45) is -1.08. The van der Waals surface area contributed by atoms with Crippen LogP contribution in [-0.2, 0) is 4.74 Å². The van der Waals surface area contributed by atoms with Crippen molar-refractivity contribution >= 4 is 27.7 Å². The van der Waals surface area contributed by atoms with Crippen molar-refractivity contribution in [3.63, 3.8) is 0 Å². The molecule has 0 saturated carbocycles. The van der Waals surface area contributed by atoms with Gasteiger partial charge in [0, 0.05) is 11.1 Å². The van der Waals surface area contributed by atoms with Crippen molar-refractivity contribution in [1.82, 2.24) is 0 Å². The van der Waals surface area contributed by atoms with Gasteiger partial charge in [-0.05, 0) is 52.3 Å². The number of ether oxygens (including phenoxy) is 2. The van der Waals surface area contributed by atoms with Gasteiger partial charge in [0.05, 0.1) is 7.11 Å². The van der Waals surface area contributed by atoms with Gasteiger partial charge in [0.15, 0.2) is 10.8 Å². The number of ketones is 1. The maximum atomic E-state index is 13.0. The van der Waals surface area contributed by atoms with Crippen LogP contribution in [-0.4, -0.2) is 18.9 Å². The van der Waals surface area contributed by atoms with Crippen LogP contribution in [0.25, 0.3) is 0 Å². The number of carbonyl (C=O) groups is 2. The second-order valence-corrected chi connectivity index (χ2v) is 6.17. The molecule has 5 nitrogen and oxygen atoms in total. The summed E-state index contributed by atoms with van der Waals surface area (Å²) in [5.41, 5.74) is 0.986. The number of benzene rings is 2. The number of esters is 1. The number of furan rings is 1. The molecule has 132 valence electrons. The zero-order chi connectivity index (χ0) is 18.5. The zero-order valence-corrected chi connectivity index (χ0v) is 15.4. The molecule has 0 aliphatic heterocycles. The molecule has 6 heteroatoms. The van der Waals surface area contributed by atoms with Crippen LogP contribution < -0.4 is 4.74 Å². The number of halogens is 1. The highest BCUT2D eigenvalue weighted by atomic mass is 79.9. The summed E-state index contributed by atoms with van der Waals surface area (Å²) in [5.74, 6) is -0.403. The molecule has 0 bridgehead atoms. The highest BCUT2D eigenvalue weighted by molar-refractivity contribution is 9.10. The molecular formula is C20H15BrO5. The molecule has 0 aliphatic carbocycles. The van der Waals surface area contributed by atoms with E-state index in [4.69, 9.17) is 13.9 Å². The summed E-state index contributed by atoms with van der Waals surface area (Å²) in [6, 6.07) is 18.5. The number of hydrogen-bond donors (Lipinski definition) is 0. The van der Waals surface area contributed by atoms with Crippen LogP contribution in [0.15, 0.2) is 75.8 Å². The molecule has 3 rings (SSSR count). The van der Waals surface area contributed by atoms with Gasteiger partial charge in [-0.3, -0.25) is 4.79 Å². The number of hydrogen-bond acceptors (Lipinski definition) is 5. The Kier molecular flexibility index (Phi) is 5.53. The van der Waals surface area contributed by atoms with Gasteiger partial charge >= 0.3 is 5.97 Å². The van der Waals surface area contributed by atoms with E-state index in [-0.39, 0.29) is 11.5 Å². The van der Waals surface area contributed by atoms with Gasteiger partial charge in [0.1, 0.15) is 5.75 Å². The van der Waals surface area contributed by atoms with E-state index in [1.807, 2.05) is 6.07 Å². The Morgan fingerprint density at radius 2 is 1.65 bits per heavy atom. The van der Waals surface area contributed by atoms with E-state index in [0.717, 1.165) is 0 Å². The normalized spacial score (nSPS) is 11.6. The second-order valence-electron chi connectivity index (χ2n) is 5.39. The Balaban J connectivity index is 1.90. The van der Waals surface area contributed by atoms with Crippen LogP contribution in [0.1, 0.15) is 32.6 Å². The zero-order valence-electron chi connectivity index (χ0n) is 13.8. The Bertz CT molecular complexity index is 899. The van der Waals surface area contributed by atoms with Crippen molar-refractivity contribution in [1.29, 1.82) is 0 Å². The fourth-order valence-electron chi connectivity index (χ4n) is 2.40. The quantitative estimate of drug-likeness (QED) is 0.426. The SMILES string of the molecule is COc1ccc(C(=O)[C@H](OC(=O)c2ccc(Br)o2)c2ccccc2)cc1. The van der Waals surface area contributed by atoms with Crippen LogP contribution in [0, 0.1) is 0 Å². The van der Waals surface area contributed by atoms with Gasteiger partial charge in [-0.1, -0.05) is 30.3 Å². The maximum Gasteiger partial charge on any atom is 0.375 e. The van der Waals surface area contributed by atoms with E-state index in [2.05, 4.69) is 15.9 Å². The summed E-state index contributed by atoms with van der Waals surface area (Å²) in [4.78, 5) is 25.3. The average molecular weight is 415 g/mol. The predicted octanol–water partition coefficient (Wildman–Crippen LogP) is 4.83. The third-order valence-electron chi connectivity index (χ3n) is 3.71. The Hall–Kier alpha value is -2.86. The topological polar surface area (TPSA) is 65.7 Å². The molecule has 0 N–H and O–H groups in total. The van der Waals surface area contributed by atoms with Crippen molar-refractivity contribution in [2.24, 2.45) is 0 Å². The monoisotopic (exact) mass is 414 g/mol. The first-order chi connectivity index (χ1) is 12.6. The summed E-state index contributed by atoms with van der Waals surface area (Å²) in [7, 11) is 1.55. The summed E-state index contributed by atoms with van der Waals surface area (Å²) in [6.45, 7) is 0. The lowest BCUT2D eigenvalue weighted by Crippen LogP contribution is -2.20. The van der Waals surface area contributed by atoms with E-state index in [1.54, 1.807) is 61.7 Å². The molecule has 0 radical (unpaired) electrons. The third kappa shape index (κ3) is 4.03. The van der Waals surface area contributed by atoms with Crippen molar-refractivity contribution in [3.8, 4) is 5.75 Å². The standard InChI is InChI=1S/C20H15BrO5/c1-24-15-9-7-13(8-10-15)18(22)19(14-5-3-2-4-6-14)26-20(23)16-11-12-17(21)25-16/h2-12,19H,1H3/t19-/m1/s1. The number of carbonyl (C=O) groups excluding carboxylic acids is 2. The van der Waals surface area contributed by atoms with Gasteiger partial charge in [-0.25, -0.2) is 4.79 Å². The molecular weight excluding hydrogens is 400 g/mol. The highest BCUT2D eigenvalue weighted by Crippen LogP contribution is 2.26. The molecule has 1 heterocycles. The summed E-state index contributed by atoms with van der Waals surface area (Å²) >= 11 is 3.14. The first-order valence-corrected chi connectivity index (χ1v) is 8.57. The van der Waals surface area contributed by atoms with Crippen LogP contribution >= 0.6 is 15.9 Å². The molecule has 0 unspecified atom stereocenters. The Morgan fingerprint density at radius 3 is 2.23 bits per heavy atom. The van der Waals surface area contributed by atoms with Gasteiger partial charge in [0.25, 0.3) is 0 Å². The minimum atomic E-state index is -1.08. The molecule has 26 heavy (non-hydrogen) atoms. The van der Waals surface area contributed by atoms with Crippen molar-refractivity contribution in [2.75, 3.05) is 7.11 Å². The van der Waals surface area contributed by atoms with E-state index in [1.165, 1.54) is 6.07 Å². The minimum absolute atomic E-state index is 0.0142. The molecule has 3 aromatic rings. The largest absolute Gasteiger partial charge is 0.497 e. The number of rotatable bonds is 6. The lowest BCUT2D eigenvalue weighted by atomic mass is 9.99.